The van der Waals surface area contributed by atoms with E-state index < -0.39 is 0 Å². The minimum Gasteiger partial charge on any atom is -0.393 e. The second-order valence-electron chi connectivity index (χ2n) is 2.73. The second kappa shape index (κ2) is 4.18. The topological polar surface area (TPSA) is 81.0 Å². The van der Waals surface area contributed by atoms with Crippen molar-refractivity contribution in [2.45, 2.75) is 12.5 Å². The van der Waals surface area contributed by atoms with Gasteiger partial charge in [0.1, 0.15) is 0 Å². The first-order valence-corrected chi connectivity index (χ1v) is 3.74. The maximum Gasteiger partial charge on any atom is 0.0593 e. The van der Waals surface area contributed by atoms with E-state index in [4.69, 9.17) is 5.53 Å². The van der Waals surface area contributed by atoms with Gasteiger partial charge in [0.05, 0.1) is 6.10 Å². The van der Waals surface area contributed by atoms with Gasteiger partial charge in [-0.15, -0.1) is 0 Å². The molecule has 1 heterocycles. The molecule has 11 heavy (non-hydrogen) atoms. The number of aliphatic hydroxyl groups excluding tert-OH is 1. The van der Waals surface area contributed by atoms with E-state index in [1.54, 1.807) is 0 Å². The quantitative estimate of drug-likeness (QED) is 0.342. The third kappa shape index (κ3) is 2.38. The molecule has 1 rings (SSSR count). The van der Waals surface area contributed by atoms with Gasteiger partial charge in [-0.05, 0) is 18.5 Å². The Morgan fingerprint density at radius 3 is 3.18 bits per heavy atom. The zero-order valence-electron chi connectivity index (χ0n) is 6.27. The molecule has 1 fully saturated rings. The van der Waals surface area contributed by atoms with Crippen molar-refractivity contribution in [2.24, 2.45) is 11.0 Å². The number of rotatable bonds is 2. The number of piperidine rings is 1. The standard InChI is InChI=1S/C6H12N4O/c7-10-9-4-5-3-8-2-1-6(5)11/h5-6,8,11H,1-4H2/t5?,6-/m0/s1. The van der Waals surface area contributed by atoms with Gasteiger partial charge in [-0.3, -0.25) is 0 Å². The molecule has 0 radical (unpaired) electrons. The highest BCUT2D eigenvalue weighted by molar-refractivity contribution is 4.78. The van der Waals surface area contributed by atoms with Gasteiger partial charge in [-0.1, -0.05) is 5.11 Å². The van der Waals surface area contributed by atoms with E-state index >= 15 is 0 Å². The van der Waals surface area contributed by atoms with Crippen LogP contribution in [-0.2, 0) is 0 Å². The van der Waals surface area contributed by atoms with E-state index in [9.17, 15) is 5.11 Å². The third-order valence-electron chi connectivity index (χ3n) is 1.95. The summed E-state index contributed by atoms with van der Waals surface area (Å²) in [5.74, 6) is 0.0969. The highest BCUT2D eigenvalue weighted by Gasteiger charge is 2.21. The number of hydrogen-bond donors (Lipinski definition) is 2. The molecule has 0 aromatic heterocycles. The van der Waals surface area contributed by atoms with E-state index in [1.165, 1.54) is 0 Å². The molecule has 0 saturated carbocycles. The van der Waals surface area contributed by atoms with Gasteiger partial charge in [0.25, 0.3) is 0 Å². The summed E-state index contributed by atoms with van der Waals surface area (Å²) in [4.78, 5) is 2.65. The summed E-state index contributed by atoms with van der Waals surface area (Å²) in [6.45, 7) is 2.00. The third-order valence-corrected chi connectivity index (χ3v) is 1.95. The van der Waals surface area contributed by atoms with E-state index in [2.05, 4.69) is 15.3 Å². The zero-order chi connectivity index (χ0) is 8.10. The molecule has 62 valence electrons. The van der Waals surface area contributed by atoms with Crippen LogP contribution in [0.4, 0.5) is 0 Å². The first-order chi connectivity index (χ1) is 5.34. The van der Waals surface area contributed by atoms with Crippen molar-refractivity contribution in [1.29, 1.82) is 0 Å². The lowest BCUT2D eigenvalue weighted by molar-refractivity contribution is 0.0833. The molecule has 1 unspecified atom stereocenters. The lowest BCUT2D eigenvalue weighted by atomic mass is 9.97. The SMILES string of the molecule is [N-]=[N+]=NCC1CNCC[C@@H]1O. The van der Waals surface area contributed by atoms with Gasteiger partial charge in [-0.2, -0.15) is 0 Å². The molecule has 1 aliphatic rings. The fraction of sp³-hybridized carbons (Fsp3) is 1.00. The zero-order valence-corrected chi connectivity index (χ0v) is 6.27. The van der Waals surface area contributed by atoms with Crippen LogP contribution >= 0.6 is 0 Å². The Balaban J connectivity index is 2.35. The Hall–Kier alpha value is -0.770. The Bertz CT molecular complexity index is 166. The van der Waals surface area contributed by atoms with Crippen molar-refractivity contribution < 1.29 is 5.11 Å². The van der Waals surface area contributed by atoms with Crippen molar-refractivity contribution >= 4 is 0 Å². The number of hydrogen-bond acceptors (Lipinski definition) is 3. The summed E-state index contributed by atoms with van der Waals surface area (Å²) in [6, 6.07) is 0. The predicted molar refractivity (Wildman–Crippen MR) is 41.0 cm³/mol. The summed E-state index contributed by atoms with van der Waals surface area (Å²) in [7, 11) is 0. The summed E-state index contributed by atoms with van der Waals surface area (Å²) >= 11 is 0. The number of aliphatic hydroxyl groups is 1. The molecular formula is C6H12N4O. The predicted octanol–water partition coefficient (Wildman–Crippen LogP) is 0.267. The van der Waals surface area contributed by atoms with Crippen LogP contribution in [0.5, 0.6) is 0 Å². The fourth-order valence-corrected chi connectivity index (χ4v) is 1.24. The van der Waals surface area contributed by atoms with Crippen LogP contribution in [0.3, 0.4) is 0 Å². The molecule has 5 heteroatoms. The average molecular weight is 156 g/mol. The molecule has 0 bridgehead atoms. The molecule has 0 aromatic carbocycles. The number of nitrogens with one attached hydrogen (secondary N) is 1. The normalized spacial score (nSPS) is 31.0. The lowest BCUT2D eigenvalue weighted by Gasteiger charge is -2.26. The molecule has 1 aliphatic heterocycles. The molecule has 2 N–H and O–H groups in total. The van der Waals surface area contributed by atoms with Crippen LogP contribution in [0, 0.1) is 5.92 Å². The van der Waals surface area contributed by atoms with Gasteiger partial charge < -0.3 is 10.4 Å². The Morgan fingerprint density at radius 2 is 2.55 bits per heavy atom. The molecule has 2 atom stereocenters. The molecule has 0 aromatic rings. The van der Waals surface area contributed by atoms with E-state index in [0.717, 1.165) is 19.5 Å². The van der Waals surface area contributed by atoms with Crippen LogP contribution in [0.2, 0.25) is 0 Å². The van der Waals surface area contributed by atoms with Crippen molar-refractivity contribution in [3.8, 4) is 0 Å². The molecule has 5 nitrogen and oxygen atoms in total. The Kier molecular flexibility index (Phi) is 3.16. The van der Waals surface area contributed by atoms with Gasteiger partial charge in [-0.25, -0.2) is 0 Å². The van der Waals surface area contributed by atoms with E-state index in [0.29, 0.717) is 6.54 Å². The highest BCUT2D eigenvalue weighted by atomic mass is 16.3. The van der Waals surface area contributed by atoms with Gasteiger partial charge in [0, 0.05) is 23.9 Å². The minimum absolute atomic E-state index is 0.0969. The Morgan fingerprint density at radius 1 is 1.73 bits per heavy atom. The van der Waals surface area contributed by atoms with Gasteiger partial charge >= 0.3 is 0 Å². The van der Waals surface area contributed by atoms with Crippen LogP contribution in [0.15, 0.2) is 5.11 Å². The van der Waals surface area contributed by atoms with Crippen molar-refractivity contribution in [3.05, 3.63) is 10.4 Å². The maximum absolute atomic E-state index is 9.37. The largest absolute Gasteiger partial charge is 0.393 e. The highest BCUT2D eigenvalue weighted by Crippen LogP contribution is 2.10. The van der Waals surface area contributed by atoms with Gasteiger partial charge in [0.15, 0.2) is 0 Å². The van der Waals surface area contributed by atoms with Crippen LogP contribution in [0.1, 0.15) is 6.42 Å². The lowest BCUT2D eigenvalue weighted by Crippen LogP contribution is -2.41. The fourth-order valence-electron chi connectivity index (χ4n) is 1.24. The first-order valence-electron chi connectivity index (χ1n) is 3.74. The van der Waals surface area contributed by atoms with E-state index in [-0.39, 0.29) is 12.0 Å². The van der Waals surface area contributed by atoms with Crippen LogP contribution in [-0.4, -0.2) is 30.8 Å². The minimum atomic E-state index is -0.304. The molecule has 0 spiro atoms. The summed E-state index contributed by atoms with van der Waals surface area (Å²) in [5.41, 5.74) is 8.04. The molecule has 0 aliphatic carbocycles. The summed E-state index contributed by atoms with van der Waals surface area (Å²) in [6.07, 6.45) is 0.452. The first kappa shape index (κ1) is 8.33. The maximum atomic E-state index is 9.37. The smallest absolute Gasteiger partial charge is 0.0593 e. The van der Waals surface area contributed by atoms with Crippen molar-refractivity contribution in [3.63, 3.8) is 0 Å². The monoisotopic (exact) mass is 156 g/mol. The number of nitrogens with zero attached hydrogens (tertiary/aromatic N) is 3. The Labute approximate surface area is 65.0 Å². The number of azide groups is 1. The molecular weight excluding hydrogens is 144 g/mol. The summed E-state index contributed by atoms with van der Waals surface area (Å²) in [5, 5.41) is 15.9. The molecule has 0 amide bonds. The van der Waals surface area contributed by atoms with E-state index in [1.807, 2.05) is 0 Å². The van der Waals surface area contributed by atoms with Crippen molar-refractivity contribution in [2.75, 3.05) is 19.6 Å². The summed E-state index contributed by atoms with van der Waals surface area (Å²) < 4.78 is 0. The second-order valence-corrected chi connectivity index (χ2v) is 2.73. The molecule has 1 saturated heterocycles. The van der Waals surface area contributed by atoms with Crippen molar-refractivity contribution in [1.82, 2.24) is 5.32 Å². The van der Waals surface area contributed by atoms with Crippen LogP contribution in [0.25, 0.3) is 10.4 Å². The average Bonchev–Trinajstić information content (AvgIpc) is 2.03. The van der Waals surface area contributed by atoms with Gasteiger partial charge in [0.2, 0.25) is 0 Å². The van der Waals surface area contributed by atoms with Crippen LogP contribution < -0.4 is 5.32 Å².